The Labute approximate surface area is 115 Å². The zero-order valence-corrected chi connectivity index (χ0v) is 11.3. The van der Waals surface area contributed by atoms with Crippen LogP contribution >= 0.6 is 11.6 Å². The zero-order valence-electron chi connectivity index (χ0n) is 10.6. The predicted octanol–water partition coefficient (Wildman–Crippen LogP) is 1.17. The predicted molar refractivity (Wildman–Crippen MR) is 67.7 cm³/mol. The van der Waals surface area contributed by atoms with Crippen LogP contribution in [0.4, 0.5) is 4.79 Å². The van der Waals surface area contributed by atoms with Crippen molar-refractivity contribution in [1.29, 1.82) is 0 Å². The van der Waals surface area contributed by atoms with Gasteiger partial charge in [0, 0.05) is 18.5 Å². The summed E-state index contributed by atoms with van der Waals surface area (Å²) in [7, 11) is 0. The minimum atomic E-state index is -0.594. The number of rotatable bonds is 7. The number of carbonyl (C=O) groups excluding carboxylic acids is 2. The van der Waals surface area contributed by atoms with Crippen LogP contribution in [0, 0.1) is 6.92 Å². The lowest BCUT2D eigenvalue weighted by atomic mass is 10.1. The van der Waals surface area contributed by atoms with E-state index in [0.717, 1.165) is 0 Å². The van der Waals surface area contributed by atoms with Gasteiger partial charge in [-0.05, 0) is 31.4 Å². The quantitative estimate of drug-likeness (QED) is 0.579. The van der Waals surface area contributed by atoms with Gasteiger partial charge in [-0.3, -0.25) is 4.79 Å². The van der Waals surface area contributed by atoms with Crippen molar-refractivity contribution in [2.24, 2.45) is 5.73 Å². The summed E-state index contributed by atoms with van der Waals surface area (Å²) >= 11 is 5.77. The Kier molecular flexibility index (Phi) is 6.14. The van der Waals surface area contributed by atoms with Gasteiger partial charge in [0.2, 0.25) is 5.22 Å². The molecule has 19 heavy (non-hydrogen) atoms. The molecule has 0 atom stereocenters. The van der Waals surface area contributed by atoms with Gasteiger partial charge in [0.05, 0.1) is 12.3 Å². The number of esters is 1. The second-order valence-electron chi connectivity index (χ2n) is 3.89. The Bertz CT molecular complexity index is 428. The van der Waals surface area contributed by atoms with Crippen LogP contribution in [0.5, 0.6) is 0 Å². The molecule has 1 aromatic heterocycles. The van der Waals surface area contributed by atoms with E-state index in [1.165, 1.54) is 0 Å². The number of nitrogens with one attached hydrogen (secondary N) is 1. The number of hydrogen-bond donors (Lipinski definition) is 2. The highest BCUT2D eigenvalue weighted by atomic mass is 35.5. The van der Waals surface area contributed by atoms with Crippen molar-refractivity contribution >= 4 is 23.6 Å². The van der Waals surface area contributed by atoms with E-state index >= 15 is 0 Å². The fourth-order valence-electron chi connectivity index (χ4n) is 1.41. The molecular formula is C11H16ClN3O4. The fraction of sp³-hybridized carbons (Fsp3) is 0.545. The lowest BCUT2D eigenvalue weighted by Crippen LogP contribution is -2.30. The smallest absolute Gasteiger partial charge is 0.312 e. The molecule has 0 aliphatic heterocycles. The number of hydrogen-bond acceptors (Lipinski definition) is 5. The van der Waals surface area contributed by atoms with Gasteiger partial charge in [-0.25, -0.2) is 4.79 Å². The Morgan fingerprint density at radius 2 is 2.26 bits per heavy atom. The molecule has 0 unspecified atom stereocenters. The van der Waals surface area contributed by atoms with Gasteiger partial charge in [-0.15, -0.1) is 0 Å². The lowest BCUT2D eigenvalue weighted by Gasteiger charge is -2.04. The van der Waals surface area contributed by atoms with Gasteiger partial charge in [-0.2, -0.15) is 0 Å². The van der Waals surface area contributed by atoms with E-state index in [1.807, 2.05) is 0 Å². The van der Waals surface area contributed by atoms with Crippen LogP contribution < -0.4 is 11.1 Å². The second-order valence-corrected chi connectivity index (χ2v) is 4.23. The zero-order chi connectivity index (χ0) is 14.3. The van der Waals surface area contributed by atoms with Crippen LogP contribution in [0.1, 0.15) is 24.1 Å². The summed E-state index contributed by atoms with van der Waals surface area (Å²) < 4.78 is 9.75. The molecule has 0 aliphatic rings. The molecule has 0 bridgehead atoms. The monoisotopic (exact) mass is 289 g/mol. The number of carbonyl (C=O) groups is 2. The summed E-state index contributed by atoms with van der Waals surface area (Å²) in [5.74, 6) is -0.337. The minimum Gasteiger partial charge on any atom is -0.466 e. The standard InChI is InChI=1S/C11H16ClN3O4/c1-7-8(10(12)19-15-7)3-4-9(16)18-6-2-5-14-11(13)17/h2-6H2,1H3,(H3,13,14,17). The summed E-state index contributed by atoms with van der Waals surface area (Å²) in [6, 6.07) is -0.594. The third-order valence-corrected chi connectivity index (χ3v) is 2.70. The number of amides is 2. The maximum absolute atomic E-state index is 11.4. The molecule has 0 fully saturated rings. The summed E-state index contributed by atoms with van der Waals surface area (Å²) in [5.41, 5.74) is 6.27. The van der Waals surface area contributed by atoms with E-state index in [1.54, 1.807) is 6.92 Å². The topological polar surface area (TPSA) is 107 Å². The third kappa shape index (κ3) is 5.60. The highest BCUT2D eigenvalue weighted by molar-refractivity contribution is 6.29. The maximum atomic E-state index is 11.4. The number of nitrogens with zero attached hydrogens (tertiary/aromatic N) is 1. The van der Waals surface area contributed by atoms with E-state index in [-0.39, 0.29) is 24.2 Å². The van der Waals surface area contributed by atoms with Crippen LogP contribution in [0.25, 0.3) is 0 Å². The van der Waals surface area contributed by atoms with Gasteiger partial charge in [0.25, 0.3) is 0 Å². The van der Waals surface area contributed by atoms with Crippen LogP contribution in [-0.4, -0.2) is 30.3 Å². The molecule has 8 heteroatoms. The first-order valence-electron chi connectivity index (χ1n) is 5.80. The Hall–Kier alpha value is -1.76. The number of halogens is 1. The van der Waals surface area contributed by atoms with E-state index in [2.05, 4.69) is 10.5 Å². The highest BCUT2D eigenvalue weighted by Crippen LogP contribution is 2.20. The van der Waals surface area contributed by atoms with Gasteiger partial charge >= 0.3 is 12.0 Å². The van der Waals surface area contributed by atoms with Crippen molar-refractivity contribution in [2.45, 2.75) is 26.2 Å². The molecule has 0 radical (unpaired) electrons. The van der Waals surface area contributed by atoms with Crippen molar-refractivity contribution in [3.63, 3.8) is 0 Å². The fourth-order valence-corrected chi connectivity index (χ4v) is 1.67. The largest absolute Gasteiger partial charge is 0.466 e. The molecule has 0 aromatic carbocycles. The Balaban J connectivity index is 2.16. The van der Waals surface area contributed by atoms with Crippen LogP contribution in [0.15, 0.2) is 4.52 Å². The summed E-state index contributed by atoms with van der Waals surface area (Å²) in [5, 5.41) is 6.29. The van der Waals surface area contributed by atoms with Gasteiger partial charge in [0.15, 0.2) is 0 Å². The summed E-state index contributed by atoms with van der Waals surface area (Å²) in [6.07, 6.45) is 1.14. The number of aromatic nitrogens is 1. The minimum absolute atomic E-state index is 0.199. The van der Waals surface area contributed by atoms with Crippen molar-refractivity contribution in [1.82, 2.24) is 10.5 Å². The normalized spacial score (nSPS) is 10.2. The van der Waals surface area contributed by atoms with Gasteiger partial charge in [0.1, 0.15) is 0 Å². The summed E-state index contributed by atoms with van der Waals surface area (Å²) in [4.78, 5) is 21.8. The molecule has 0 aliphatic carbocycles. The van der Waals surface area contributed by atoms with Crippen LogP contribution in [0.3, 0.4) is 0 Å². The molecule has 1 heterocycles. The molecule has 1 aromatic rings. The molecular weight excluding hydrogens is 274 g/mol. The Morgan fingerprint density at radius 3 is 2.84 bits per heavy atom. The third-order valence-electron chi connectivity index (χ3n) is 2.40. The number of primary amides is 1. The number of urea groups is 1. The average molecular weight is 290 g/mol. The lowest BCUT2D eigenvalue weighted by molar-refractivity contribution is -0.143. The second kappa shape index (κ2) is 7.63. The van der Waals surface area contributed by atoms with Crippen molar-refractivity contribution in [3.05, 3.63) is 16.5 Å². The number of ether oxygens (including phenoxy) is 1. The van der Waals surface area contributed by atoms with Crippen LogP contribution in [-0.2, 0) is 16.0 Å². The average Bonchev–Trinajstić information content (AvgIpc) is 2.66. The van der Waals surface area contributed by atoms with Crippen molar-refractivity contribution in [3.8, 4) is 0 Å². The van der Waals surface area contributed by atoms with E-state index < -0.39 is 6.03 Å². The SMILES string of the molecule is Cc1noc(Cl)c1CCC(=O)OCCCNC(N)=O. The van der Waals surface area contributed by atoms with Crippen LogP contribution in [0.2, 0.25) is 5.22 Å². The molecule has 7 nitrogen and oxygen atoms in total. The van der Waals surface area contributed by atoms with Crippen molar-refractivity contribution < 1.29 is 18.8 Å². The molecule has 0 saturated heterocycles. The van der Waals surface area contributed by atoms with Gasteiger partial charge in [-0.1, -0.05) is 5.16 Å². The first kappa shape index (κ1) is 15.3. The Morgan fingerprint density at radius 1 is 1.53 bits per heavy atom. The van der Waals surface area contributed by atoms with E-state index in [0.29, 0.717) is 30.6 Å². The van der Waals surface area contributed by atoms with Crippen molar-refractivity contribution in [2.75, 3.05) is 13.2 Å². The highest BCUT2D eigenvalue weighted by Gasteiger charge is 2.13. The molecule has 0 saturated carbocycles. The maximum Gasteiger partial charge on any atom is 0.312 e. The molecule has 2 amide bonds. The van der Waals surface area contributed by atoms with Gasteiger partial charge < -0.3 is 20.3 Å². The summed E-state index contributed by atoms with van der Waals surface area (Å²) in [6.45, 7) is 2.36. The molecule has 3 N–H and O–H groups in total. The van der Waals surface area contributed by atoms with E-state index in [4.69, 9.17) is 26.6 Å². The first-order chi connectivity index (χ1) is 9.00. The number of nitrogens with two attached hydrogens (primary N) is 1. The molecule has 0 spiro atoms. The first-order valence-corrected chi connectivity index (χ1v) is 6.18. The molecule has 106 valence electrons. The molecule has 1 rings (SSSR count). The number of aryl methyl sites for hydroxylation is 1. The van der Waals surface area contributed by atoms with E-state index in [9.17, 15) is 9.59 Å².